The van der Waals surface area contributed by atoms with Crippen LogP contribution in [0.5, 0.6) is 0 Å². The highest BCUT2D eigenvalue weighted by Gasteiger charge is 2.26. The van der Waals surface area contributed by atoms with Crippen molar-refractivity contribution < 1.29 is 0 Å². The summed E-state index contributed by atoms with van der Waals surface area (Å²) in [6, 6.07) is 10.9. The average Bonchev–Trinajstić information content (AvgIpc) is 3.19. The summed E-state index contributed by atoms with van der Waals surface area (Å²) in [7, 11) is 0. The van der Waals surface area contributed by atoms with Crippen molar-refractivity contribution in [3.05, 3.63) is 35.9 Å². The standard InChI is InChI=1S/C22H36N4.HI/c1-3-23-22(24-14-10-19-11-15-25(4-2)16-12-19)26-17-13-21(18-26)20-8-6-5-7-9-20;/h5-9,19,21H,3-4,10-18H2,1-2H3,(H,23,24);1H. The Bertz CT molecular complexity index is 555. The summed E-state index contributed by atoms with van der Waals surface area (Å²) in [4.78, 5) is 10.0. The third kappa shape index (κ3) is 6.63. The zero-order valence-electron chi connectivity index (χ0n) is 17.1. The lowest BCUT2D eigenvalue weighted by Gasteiger charge is -2.30. The molecular weight excluding hydrogens is 447 g/mol. The van der Waals surface area contributed by atoms with E-state index in [-0.39, 0.29) is 24.0 Å². The Balaban J connectivity index is 0.00000261. The second-order valence-corrected chi connectivity index (χ2v) is 7.74. The van der Waals surface area contributed by atoms with Crippen molar-refractivity contribution in [2.75, 3.05) is 45.8 Å². The highest BCUT2D eigenvalue weighted by molar-refractivity contribution is 14.0. The topological polar surface area (TPSA) is 30.9 Å². The molecule has 1 aromatic carbocycles. The predicted octanol–water partition coefficient (Wildman–Crippen LogP) is 4.18. The fourth-order valence-electron chi connectivity index (χ4n) is 4.32. The van der Waals surface area contributed by atoms with E-state index in [1.165, 1.54) is 50.9 Å². The molecule has 0 amide bonds. The van der Waals surface area contributed by atoms with Gasteiger partial charge in [0.05, 0.1) is 0 Å². The van der Waals surface area contributed by atoms with Crippen LogP contribution in [0, 0.1) is 5.92 Å². The van der Waals surface area contributed by atoms with Crippen LogP contribution in [0.1, 0.15) is 51.0 Å². The van der Waals surface area contributed by atoms with Crippen molar-refractivity contribution in [1.82, 2.24) is 15.1 Å². The number of aliphatic imine (C=N–C) groups is 1. The van der Waals surface area contributed by atoms with Gasteiger partial charge in [-0.15, -0.1) is 24.0 Å². The van der Waals surface area contributed by atoms with Gasteiger partial charge >= 0.3 is 0 Å². The average molecular weight is 484 g/mol. The Hall–Kier alpha value is -0.820. The van der Waals surface area contributed by atoms with Gasteiger partial charge in [-0.05, 0) is 63.7 Å². The van der Waals surface area contributed by atoms with Crippen LogP contribution in [-0.2, 0) is 0 Å². The van der Waals surface area contributed by atoms with E-state index >= 15 is 0 Å². The second-order valence-electron chi connectivity index (χ2n) is 7.74. The minimum Gasteiger partial charge on any atom is -0.357 e. The molecule has 2 heterocycles. The number of piperidine rings is 1. The van der Waals surface area contributed by atoms with Gasteiger partial charge in [0.1, 0.15) is 0 Å². The summed E-state index contributed by atoms with van der Waals surface area (Å²) in [6.45, 7) is 12.3. The number of nitrogens with one attached hydrogen (secondary N) is 1. The second kappa shape index (κ2) is 11.9. The van der Waals surface area contributed by atoms with Crippen molar-refractivity contribution in [2.24, 2.45) is 10.9 Å². The summed E-state index contributed by atoms with van der Waals surface area (Å²) in [6.07, 6.45) is 5.16. The van der Waals surface area contributed by atoms with Gasteiger partial charge in [-0.1, -0.05) is 37.3 Å². The van der Waals surface area contributed by atoms with Crippen LogP contribution < -0.4 is 5.32 Å². The number of benzene rings is 1. The Kier molecular flexibility index (Phi) is 9.90. The van der Waals surface area contributed by atoms with E-state index in [9.17, 15) is 0 Å². The maximum atomic E-state index is 4.97. The Morgan fingerprint density at radius 3 is 2.48 bits per heavy atom. The van der Waals surface area contributed by atoms with Gasteiger partial charge < -0.3 is 15.1 Å². The maximum absolute atomic E-state index is 4.97. The molecule has 3 rings (SSSR count). The molecule has 0 spiro atoms. The molecule has 4 nitrogen and oxygen atoms in total. The molecule has 2 aliphatic heterocycles. The third-order valence-corrected chi connectivity index (χ3v) is 6.05. The molecule has 0 aliphatic carbocycles. The molecule has 2 saturated heterocycles. The number of hydrogen-bond acceptors (Lipinski definition) is 2. The van der Waals surface area contributed by atoms with Crippen LogP contribution in [0.15, 0.2) is 35.3 Å². The smallest absolute Gasteiger partial charge is 0.193 e. The molecule has 1 aromatic rings. The summed E-state index contributed by atoms with van der Waals surface area (Å²) in [5, 5.41) is 3.52. The van der Waals surface area contributed by atoms with E-state index in [1.54, 1.807) is 0 Å². The molecule has 0 radical (unpaired) electrons. The molecule has 1 atom stereocenters. The number of likely N-dealkylation sites (tertiary alicyclic amines) is 2. The van der Waals surface area contributed by atoms with Gasteiger partial charge in [0.25, 0.3) is 0 Å². The highest BCUT2D eigenvalue weighted by atomic mass is 127. The van der Waals surface area contributed by atoms with Crippen LogP contribution in [0.4, 0.5) is 0 Å². The van der Waals surface area contributed by atoms with Crippen molar-refractivity contribution in [3.8, 4) is 0 Å². The van der Waals surface area contributed by atoms with Crippen LogP contribution in [0.25, 0.3) is 0 Å². The molecule has 152 valence electrons. The minimum absolute atomic E-state index is 0. The first-order valence-corrected chi connectivity index (χ1v) is 10.6. The van der Waals surface area contributed by atoms with E-state index in [0.717, 1.165) is 38.1 Å². The summed E-state index contributed by atoms with van der Waals surface area (Å²) < 4.78 is 0. The number of halogens is 1. The first kappa shape index (κ1) is 22.5. The fourth-order valence-corrected chi connectivity index (χ4v) is 4.32. The first-order valence-electron chi connectivity index (χ1n) is 10.6. The third-order valence-electron chi connectivity index (χ3n) is 6.05. The molecule has 1 unspecified atom stereocenters. The van der Waals surface area contributed by atoms with Gasteiger partial charge in [-0.2, -0.15) is 0 Å². The quantitative estimate of drug-likeness (QED) is 0.374. The van der Waals surface area contributed by atoms with Crippen LogP contribution in [0.2, 0.25) is 0 Å². The van der Waals surface area contributed by atoms with Crippen molar-refractivity contribution in [3.63, 3.8) is 0 Å². The Morgan fingerprint density at radius 2 is 1.81 bits per heavy atom. The number of nitrogens with zero attached hydrogens (tertiary/aromatic N) is 3. The largest absolute Gasteiger partial charge is 0.357 e. The van der Waals surface area contributed by atoms with Crippen LogP contribution in [-0.4, -0.2) is 61.6 Å². The molecule has 0 saturated carbocycles. The minimum atomic E-state index is 0. The van der Waals surface area contributed by atoms with E-state index < -0.39 is 0 Å². The number of guanidine groups is 1. The predicted molar refractivity (Wildman–Crippen MR) is 126 cm³/mol. The normalized spacial score (nSPS) is 21.9. The van der Waals surface area contributed by atoms with Crippen LogP contribution >= 0.6 is 24.0 Å². The molecule has 0 aromatic heterocycles. The summed E-state index contributed by atoms with van der Waals surface area (Å²) in [5.74, 6) is 2.62. The molecular formula is C22H37IN4. The van der Waals surface area contributed by atoms with E-state index in [2.05, 4.69) is 59.3 Å². The summed E-state index contributed by atoms with van der Waals surface area (Å²) in [5.41, 5.74) is 1.47. The zero-order chi connectivity index (χ0) is 18.2. The lowest BCUT2D eigenvalue weighted by molar-refractivity contribution is 0.188. The molecule has 1 N–H and O–H groups in total. The van der Waals surface area contributed by atoms with Gasteiger partial charge in [-0.3, -0.25) is 4.99 Å². The van der Waals surface area contributed by atoms with Crippen LogP contribution in [0.3, 0.4) is 0 Å². The molecule has 5 heteroatoms. The molecule has 27 heavy (non-hydrogen) atoms. The van der Waals surface area contributed by atoms with Gasteiger partial charge in [0, 0.05) is 32.1 Å². The monoisotopic (exact) mass is 484 g/mol. The molecule has 2 aliphatic rings. The van der Waals surface area contributed by atoms with E-state index in [0.29, 0.717) is 5.92 Å². The molecule has 2 fully saturated rings. The van der Waals surface area contributed by atoms with Gasteiger partial charge in [-0.25, -0.2) is 0 Å². The Labute approximate surface area is 182 Å². The van der Waals surface area contributed by atoms with Gasteiger partial charge in [0.2, 0.25) is 0 Å². The van der Waals surface area contributed by atoms with E-state index in [1.807, 2.05) is 0 Å². The van der Waals surface area contributed by atoms with Crippen molar-refractivity contribution in [2.45, 2.75) is 45.4 Å². The molecule has 0 bridgehead atoms. The number of rotatable bonds is 6. The Morgan fingerprint density at radius 1 is 1.07 bits per heavy atom. The maximum Gasteiger partial charge on any atom is 0.193 e. The highest BCUT2D eigenvalue weighted by Crippen LogP contribution is 2.27. The van der Waals surface area contributed by atoms with Crippen molar-refractivity contribution >= 4 is 29.9 Å². The van der Waals surface area contributed by atoms with Crippen molar-refractivity contribution in [1.29, 1.82) is 0 Å². The lowest BCUT2D eigenvalue weighted by atomic mass is 9.94. The lowest BCUT2D eigenvalue weighted by Crippen LogP contribution is -2.40. The first-order chi connectivity index (χ1) is 12.8. The fraction of sp³-hybridized carbons (Fsp3) is 0.682. The number of hydrogen-bond donors (Lipinski definition) is 1. The SMILES string of the molecule is CCNC(=NCCC1CCN(CC)CC1)N1CCC(c2ccccc2)C1.I. The van der Waals surface area contributed by atoms with E-state index in [4.69, 9.17) is 4.99 Å². The zero-order valence-corrected chi connectivity index (χ0v) is 19.4. The summed E-state index contributed by atoms with van der Waals surface area (Å²) >= 11 is 0. The van der Waals surface area contributed by atoms with Gasteiger partial charge in [0.15, 0.2) is 5.96 Å².